The molecule has 1 aromatic carbocycles. The molecule has 0 spiro atoms. The first kappa shape index (κ1) is 13.3. The number of thiazole rings is 1. The van der Waals surface area contributed by atoms with Gasteiger partial charge in [0.2, 0.25) is 0 Å². The van der Waals surface area contributed by atoms with Crippen molar-refractivity contribution in [3.8, 4) is 10.6 Å². The van der Waals surface area contributed by atoms with Crippen LogP contribution in [0.15, 0.2) is 41.9 Å². The largest absolute Gasteiger partial charge is 0.256 e. The van der Waals surface area contributed by atoms with Crippen molar-refractivity contribution in [2.75, 3.05) is 0 Å². The molecule has 0 aliphatic rings. The van der Waals surface area contributed by atoms with Crippen molar-refractivity contribution in [2.24, 2.45) is 5.41 Å². The molecule has 20 heavy (non-hydrogen) atoms. The maximum Gasteiger partial charge on any atom is 0.125 e. The van der Waals surface area contributed by atoms with Gasteiger partial charge in [0.05, 0.1) is 11.2 Å². The first-order chi connectivity index (χ1) is 9.53. The quantitative estimate of drug-likeness (QED) is 0.665. The SMILES string of the molecule is CC(C)(C)Cc1csc(-c2cccc3cccnc23)n1. The van der Waals surface area contributed by atoms with E-state index >= 15 is 0 Å². The third kappa shape index (κ3) is 2.73. The average Bonchev–Trinajstić information content (AvgIpc) is 2.84. The van der Waals surface area contributed by atoms with Crippen molar-refractivity contribution in [2.45, 2.75) is 27.2 Å². The summed E-state index contributed by atoms with van der Waals surface area (Å²) in [5.74, 6) is 0. The molecule has 0 unspecified atom stereocenters. The molecule has 0 amide bonds. The molecule has 3 aromatic rings. The Labute approximate surface area is 123 Å². The number of aromatic nitrogens is 2. The lowest BCUT2D eigenvalue weighted by molar-refractivity contribution is 0.407. The van der Waals surface area contributed by atoms with Gasteiger partial charge < -0.3 is 0 Å². The number of fused-ring (bicyclic) bond motifs is 1. The summed E-state index contributed by atoms with van der Waals surface area (Å²) in [5, 5.41) is 4.40. The highest BCUT2D eigenvalue weighted by atomic mass is 32.1. The highest BCUT2D eigenvalue weighted by Crippen LogP contribution is 2.31. The summed E-state index contributed by atoms with van der Waals surface area (Å²) in [5.41, 5.74) is 3.60. The van der Waals surface area contributed by atoms with Crippen molar-refractivity contribution in [3.63, 3.8) is 0 Å². The third-order valence-corrected chi connectivity index (χ3v) is 4.05. The Morgan fingerprint density at radius 2 is 1.90 bits per heavy atom. The fourth-order valence-corrected chi connectivity index (χ4v) is 3.18. The number of rotatable bonds is 2. The van der Waals surface area contributed by atoms with E-state index in [0.717, 1.165) is 27.9 Å². The molecule has 0 bridgehead atoms. The second-order valence-electron chi connectivity index (χ2n) is 6.26. The number of para-hydroxylation sites is 1. The Kier molecular flexibility index (Phi) is 3.30. The van der Waals surface area contributed by atoms with Crippen LogP contribution < -0.4 is 0 Å². The summed E-state index contributed by atoms with van der Waals surface area (Å²) < 4.78 is 0. The first-order valence-corrected chi connectivity index (χ1v) is 7.69. The Morgan fingerprint density at radius 1 is 1.10 bits per heavy atom. The van der Waals surface area contributed by atoms with Gasteiger partial charge in [0, 0.05) is 22.5 Å². The van der Waals surface area contributed by atoms with E-state index in [1.807, 2.05) is 12.3 Å². The van der Waals surface area contributed by atoms with Crippen molar-refractivity contribution >= 4 is 22.2 Å². The molecule has 0 fully saturated rings. The molecule has 102 valence electrons. The summed E-state index contributed by atoms with van der Waals surface area (Å²) in [6.07, 6.45) is 2.84. The molecule has 0 radical (unpaired) electrons. The van der Waals surface area contributed by atoms with Crippen molar-refractivity contribution in [3.05, 3.63) is 47.6 Å². The minimum Gasteiger partial charge on any atom is -0.256 e. The Balaban J connectivity index is 2.04. The van der Waals surface area contributed by atoms with Gasteiger partial charge in [0.15, 0.2) is 0 Å². The van der Waals surface area contributed by atoms with Gasteiger partial charge in [0.25, 0.3) is 0 Å². The Morgan fingerprint density at radius 3 is 2.70 bits per heavy atom. The van der Waals surface area contributed by atoms with E-state index in [1.54, 1.807) is 11.3 Å². The fraction of sp³-hybridized carbons (Fsp3) is 0.294. The maximum atomic E-state index is 4.79. The fourth-order valence-electron chi connectivity index (χ4n) is 2.33. The van der Waals surface area contributed by atoms with Crippen LogP contribution in [0.5, 0.6) is 0 Å². The van der Waals surface area contributed by atoms with Crippen LogP contribution in [0, 0.1) is 5.41 Å². The van der Waals surface area contributed by atoms with Crippen LogP contribution in [0.3, 0.4) is 0 Å². The highest BCUT2D eigenvalue weighted by Gasteiger charge is 2.15. The molecule has 2 heterocycles. The lowest BCUT2D eigenvalue weighted by atomic mass is 9.91. The molecule has 0 aliphatic carbocycles. The highest BCUT2D eigenvalue weighted by molar-refractivity contribution is 7.13. The second-order valence-corrected chi connectivity index (χ2v) is 7.12. The van der Waals surface area contributed by atoms with Gasteiger partial charge >= 0.3 is 0 Å². The smallest absolute Gasteiger partial charge is 0.125 e. The lowest BCUT2D eigenvalue weighted by Gasteiger charge is -2.15. The van der Waals surface area contributed by atoms with E-state index in [1.165, 1.54) is 5.69 Å². The Bertz CT molecular complexity index is 733. The van der Waals surface area contributed by atoms with Crippen LogP contribution in [-0.2, 0) is 6.42 Å². The van der Waals surface area contributed by atoms with Gasteiger partial charge in [-0.15, -0.1) is 11.3 Å². The molecule has 3 rings (SSSR count). The average molecular weight is 282 g/mol. The van der Waals surface area contributed by atoms with Crippen LogP contribution in [-0.4, -0.2) is 9.97 Å². The van der Waals surface area contributed by atoms with E-state index in [4.69, 9.17) is 4.98 Å². The zero-order valence-electron chi connectivity index (χ0n) is 12.1. The Hall–Kier alpha value is -1.74. The van der Waals surface area contributed by atoms with Crippen molar-refractivity contribution in [1.82, 2.24) is 9.97 Å². The minimum atomic E-state index is 0.266. The maximum absolute atomic E-state index is 4.79. The molecular formula is C17H18N2S. The standard InChI is InChI=1S/C17H18N2S/c1-17(2,3)10-13-11-20-16(19-13)14-8-4-6-12-7-5-9-18-15(12)14/h4-9,11H,10H2,1-3H3. The zero-order chi connectivity index (χ0) is 14.2. The lowest BCUT2D eigenvalue weighted by Crippen LogP contribution is -2.09. The zero-order valence-corrected chi connectivity index (χ0v) is 12.9. The number of benzene rings is 1. The summed E-state index contributed by atoms with van der Waals surface area (Å²) in [7, 11) is 0. The van der Waals surface area contributed by atoms with E-state index < -0.39 is 0 Å². The van der Waals surface area contributed by atoms with Crippen molar-refractivity contribution < 1.29 is 0 Å². The molecule has 0 saturated heterocycles. The summed E-state index contributed by atoms with van der Waals surface area (Å²) in [4.78, 5) is 9.30. The van der Waals surface area contributed by atoms with E-state index in [-0.39, 0.29) is 5.41 Å². The predicted molar refractivity (Wildman–Crippen MR) is 86.0 cm³/mol. The summed E-state index contributed by atoms with van der Waals surface area (Å²) in [6.45, 7) is 6.72. The van der Waals surface area contributed by atoms with Crippen LogP contribution in [0.1, 0.15) is 26.5 Å². The first-order valence-electron chi connectivity index (χ1n) is 6.81. The van der Waals surface area contributed by atoms with Gasteiger partial charge in [-0.05, 0) is 24.0 Å². The number of pyridine rings is 1. The van der Waals surface area contributed by atoms with Crippen LogP contribution in [0.25, 0.3) is 21.5 Å². The van der Waals surface area contributed by atoms with Gasteiger partial charge in [0.1, 0.15) is 5.01 Å². The molecule has 0 saturated carbocycles. The number of hydrogen-bond donors (Lipinski definition) is 0. The topological polar surface area (TPSA) is 25.8 Å². The van der Waals surface area contributed by atoms with Crippen molar-refractivity contribution in [1.29, 1.82) is 0 Å². The molecule has 3 heteroatoms. The predicted octanol–water partition coefficient (Wildman–Crippen LogP) is 4.95. The summed E-state index contributed by atoms with van der Waals surface area (Å²) in [6, 6.07) is 10.3. The molecule has 2 aromatic heterocycles. The van der Waals surface area contributed by atoms with E-state index in [9.17, 15) is 0 Å². The number of hydrogen-bond acceptors (Lipinski definition) is 3. The summed E-state index contributed by atoms with van der Waals surface area (Å²) >= 11 is 1.71. The number of nitrogens with zero attached hydrogens (tertiary/aromatic N) is 2. The van der Waals surface area contributed by atoms with Gasteiger partial charge in [-0.25, -0.2) is 4.98 Å². The van der Waals surface area contributed by atoms with Crippen LogP contribution in [0.2, 0.25) is 0 Å². The van der Waals surface area contributed by atoms with Crippen LogP contribution in [0.4, 0.5) is 0 Å². The normalized spacial score (nSPS) is 11.9. The minimum absolute atomic E-state index is 0.266. The second kappa shape index (κ2) is 4.98. The van der Waals surface area contributed by atoms with E-state index in [0.29, 0.717) is 0 Å². The van der Waals surface area contributed by atoms with Crippen LogP contribution >= 0.6 is 11.3 Å². The molecular weight excluding hydrogens is 264 g/mol. The molecule has 0 atom stereocenters. The molecule has 2 nitrogen and oxygen atoms in total. The van der Waals surface area contributed by atoms with Gasteiger partial charge in [-0.1, -0.05) is 39.0 Å². The third-order valence-electron chi connectivity index (χ3n) is 3.13. The van der Waals surface area contributed by atoms with Gasteiger partial charge in [-0.3, -0.25) is 4.98 Å². The monoisotopic (exact) mass is 282 g/mol. The molecule has 0 N–H and O–H groups in total. The van der Waals surface area contributed by atoms with Gasteiger partial charge in [-0.2, -0.15) is 0 Å². The van der Waals surface area contributed by atoms with E-state index in [2.05, 4.69) is 55.4 Å². The molecule has 0 aliphatic heterocycles.